The first kappa shape index (κ1) is 14.6. The fraction of sp³-hybridized carbons (Fsp3) is 0.0625. The second-order valence-electron chi connectivity index (χ2n) is 4.22. The number of nitrogens with one attached hydrogen (secondary N) is 2. The Morgan fingerprint density at radius 1 is 1.35 bits per heavy atom. The summed E-state index contributed by atoms with van der Waals surface area (Å²) in [5.74, 6) is 0. The predicted octanol–water partition coefficient (Wildman–Crippen LogP) is 4.63. The number of hydrogen-bond donors (Lipinski definition) is 2. The number of benzene rings is 1. The minimum absolute atomic E-state index is 0.404. The van der Waals surface area contributed by atoms with Crippen LogP contribution in [0.2, 0.25) is 10.0 Å². The van der Waals surface area contributed by atoms with Gasteiger partial charge >= 0.3 is 0 Å². The Labute approximate surface area is 128 Å². The SMILES string of the molecule is C=C/C(NC)=C1\C=CC=C(c2ccc(Cl)cc2Cl)C1=N. The number of allylic oxidation sites excluding steroid dienone is 6. The van der Waals surface area contributed by atoms with Crippen molar-refractivity contribution in [1.82, 2.24) is 5.32 Å². The Bertz CT molecular complexity index is 667. The summed E-state index contributed by atoms with van der Waals surface area (Å²) in [7, 11) is 1.80. The summed E-state index contributed by atoms with van der Waals surface area (Å²) in [5, 5.41) is 12.5. The molecule has 1 aromatic rings. The van der Waals surface area contributed by atoms with E-state index in [1.165, 1.54) is 0 Å². The minimum Gasteiger partial charge on any atom is -0.388 e. The molecule has 2 rings (SSSR count). The van der Waals surface area contributed by atoms with Gasteiger partial charge in [-0.1, -0.05) is 54.1 Å². The molecular weight excluding hydrogens is 291 g/mol. The molecule has 0 unspecified atom stereocenters. The number of rotatable bonds is 3. The van der Waals surface area contributed by atoms with Crippen molar-refractivity contribution in [2.75, 3.05) is 7.05 Å². The lowest BCUT2D eigenvalue weighted by Gasteiger charge is -2.17. The Morgan fingerprint density at radius 3 is 2.70 bits per heavy atom. The Hall–Kier alpha value is -1.77. The maximum absolute atomic E-state index is 8.37. The average Bonchev–Trinajstić information content (AvgIpc) is 2.43. The van der Waals surface area contributed by atoms with Gasteiger partial charge in [-0.25, -0.2) is 0 Å². The van der Waals surface area contributed by atoms with Gasteiger partial charge in [0.05, 0.1) is 5.71 Å². The second-order valence-corrected chi connectivity index (χ2v) is 5.06. The molecule has 0 atom stereocenters. The van der Waals surface area contributed by atoms with Crippen molar-refractivity contribution in [2.45, 2.75) is 0 Å². The van der Waals surface area contributed by atoms with E-state index in [4.69, 9.17) is 28.6 Å². The van der Waals surface area contributed by atoms with Crippen LogP contribution in [-0.4, -0.2) is 12.8 Å². The van der Waals surface area contributed by atoms with Gasteiger partial charge in [0, 0.05) is 39.5 Å². The van der Waals surface area contributed by atoms with Crippen molar-refractivity contribution in [2.24, 2.45) is 0 Å². The van der Waals surface area contributed by atoms with Crippen molar-refractivity contribution in [3.05, 3.63) is 76.0 Å². The van der Waals surface area contributed by atoms with Gasteiger partial charge in [-0.2, -0.15) is 0 Å². The highest BCUT2D eigenvalue weighted by molar-refractivity contribution is 6.40. The van der Waals surface area contributed by atoms with Crippen LogP contribution in [0.25, 0.3) is 5.57 Å². The lowest BCUT2D eigenvalue weighted by Crippen LogP contribution is -2.14. The molecule has 20 heavy (non-hydrogen) atoms. The monoisotopic (exact) mass is 304 g/mol. The predicted molar refractivity (Wildman–Crippen MR) is 87.6 cm³/mol. The van der Waals surface area contributed by atoms with E-state index in [1.54, 1.807) is 25.3 Å². The van der Waals surface area contributed by atoms with Crippen LogP contribution in [0.4, 0.5) is 0 Å². The van der Waals surface area contributed by atoms with Gasteiger partial charge in [0.2, 0.25) is 0 Å². The van der Waals surface area contributed by atoms with Gasteiger partial charge in [-0.05, 0) is 18.2 Å². The van der Waals surface area contributed by atoms with Crippen LogP contribution < -0.4 is 5.32 Å². The van der Waals surface area contributed by atoms with E-state index in [9.17, 15) is 0 Å². The van der Waals surface area contributed by atoms with E-state index in [1.807, 2.05) is 24.3 Å². The first-order valence-corrected chi connectivity index (χ1v) is 6.81. The molecule has 4 heteroatoms. The third-order valence-corrected chi connectivity index (χ3v) is 3.60. The molecule has 0 bridgehead atoms. The van der Waals surface area contributed by atoms with Crippen LogP contribution in [-0.2, 0) is 0 Å². The quantitative estimate of drug-likeness (QED) is 0.839. The topological polar surface area (TPSA) is 35.9 Å². The standard InChI is InChI=1S/C16H14Cl2N2/c1-3-15(20-2)13-6-4-5-12(16(13)19)11-8-7-10(17)9-14(11)18/h3-9,19-20H,1H2,2H3/b15-13-,19-16?. The summed E-state index contributed by atoms with van der Waals surface area (Å²) < 4.78 is 0. The minimum atomic E-state index is 0.404. The van der Waals surface area contributed by atoms with Crippen molar-refractivity contribution >= 4 is 34.5 Å². The molecule has 0 radical (unpaired) electrons. The van der Waals surface area contributed by atoms with Crippen LogP contribution in [0.5, 0.6) is 0 Å². The fourth-order valence-electron chi connectivity index (χ4n) is 2.06. The molecule has 0 aliphatic heterocycles. The van der Waals surface area contributed by atoms with Crippen LogP contribution >= 0.6 is 23.2 Å². The van der Waals surface area contributed by atoms with E-state index in [2.05, 4.69) is 11.9 Å². The van der Waals surface area contributed by atoms with Crippen LogP contribution in [0.3, 0.4) is 0 Å². The molecule has 102 valence electrons. The molecule has 0 fully saturated rings. The van der Waals surface area contributed by atoms with E-state index >= 15 is 0 Å². The summed E-state index contributed by atoms with van der Waals surface area (Å²) in [6.45, 7) is 3.75. The van der Waals surface area contributed by atoms with Crippen LogP contribution in [0, 0.1) is 5.41 Å². The smallest absolute Gasteiger partial charge is 0.0711 e. The summed E-state index contributed by atoms with van der Waals surface area (Å²) in [6.07, 6.45) is 7.34. The third kappa shape index (κ3) is 2.72. The molecule has 0 spiro atoms. The van der Waals surface area contributed by atoms with E-state index in [-0.39, 0.29) is 0 Å². The second kappa shape index (κ2) is 6.12. The Morgan fingerprint density at radius 2 is 2.10 bits per heavy atom. The number of likely N-dealkylation sites (N-methyl/N-ethyl adjacent to an activating group) is 1. The molecule has 0 saturated carbocycles. The van der Waals surface area contributed by atoms with Crippen LogP contribution in [0.1, 0.15) is 5.56 Å². The van der Waals surface area contributed by atoms with Crippen LogP contribution in [0.15, 0.2) is 60.4 Å². The molecule has 1 aliphatic rings. The van der Waals surface area contributed by atoms with Crippen molar-refractivity contribution in [3.63, 3.8) is 0 Å². The fourth-order valence-corrected chi connectivity index (χ4v) is 2.57. The summed E-state index contributed by atoms with van der Waals surface area (Å²) in [5.41, 5.74) is 3.55. The van der Waals surface area contributed by atoms with Crippen molar-refractivity contribution in [3.8, 4) is 0 Å². The van der Waals surface area contributed by atoms with Crippen molar-refractivity contribution < 1.29 is 0 Å². The normalized spacial score (nSPS) is 16.8. The first-order valence-electron chi connectivity index (χ1n) is 6.06. The van der Waals surface area contributed by atoms with Gasteiger partial charge < -0.3 is 5.32 Å². The first-order chi connectivity index (χ1) is 9.58. The zero-order valence-electron chi connectivity index (χ0n) is 11.0. The van der Waals surface area contributed by atoms with E-state index in [0.29, 0.717) is 15.8 Å². The van der Waals surface area contributed by atoms with Crippen molar-refractivity contribution in [1.29, 1.82) is 5.41 Å². The highest BCUT2D eigenvalue weighted by Crippen LogP contribution is 2.31. The molecule has 1 aromatic carbocycles. The van der Waals surface area contributed by atoms with Gasteiger partial charge in [-0.3, -0.25) is 5.41 Å². The molecular formula is C16H14Cl2N2. The third-order valence-electron chi connectivity index (χ3n) is 3.05. The lowest BCUT2D eigenvalue weighted by atomic mass is 9.90. The lowest BCUT2D eigenvalue weighted by molar-refractivity contribution is 1.03. The molecule has 0 aromatic heterocycles. The highest BCUT2D eigenvalue weighted by atomic mass is 35.5. The summed E-state index contributed by atoms with van der Waals surface area (Å²) in [6, 6.07) is 5.28. The largest absolute Gasteiger partial charge is 0.388 e. The molecule has 0 heterocycles. The maximum Gasteiger partial charge on any atom is 0.0711 e. The Balaban J connectivity index is 2.52. The molecule has 2 N–H and O–H groups in total. The van der Waals surface area contributed by atoms with Gasteiger partial charge in [0.25, 0.3) is 0 Å². The molecule has 2 nitrogen and oxygen atoms in total. The van der Waals surface area contributed by atoms with E-state index < -0.39 is 0 Å². The van der Waals surface area contributed by atoms with E-state index in [0.717, 1.165) is 22.4 Å². The number of hydrogen-bond acceptors (Lipinski definition) is 2. The summed E-state index contributed by atoms with van der Waals surface area (Å²) in [4.78, 5) is 0. The Kier molecular flexibility index (Phi) is 4.48. The van der Waals surface area contributed by atoms with Gasteiger partial charge in [0.15, 0.2) is 0 Å². The summed E-state index contributed by atoms with van der Waals surface area (Å²) >= 11 is 12.1. The maximum atomic E-state index is 8.37. The molecule has 0 amide bonds. The van der Waals surface area contributed by atoms with Gasteiger partial charge in [0.1, 0.15) is 0 Å². The average molecular weight is 305 g/mol. The number of halogens is 2. The van der Waals surface area contributed by atoms with Gasteiger partial charge in [-0.15, -0.1) is 0 Å². The zero-order chi connectivity index (χ0) is 14.7. The zero-order valence-corrected chi connectivity index (χ0v) is 12.5. The molecule has 1 aliphatic carbocycles. The molecule has 0 saturated heterocycles. The highest BCUT2D eigenvalue weighted by Gasteiger charge is 2.18.